The highest BCUT2D eigenvalue weighted by Gasteiger charge is 2.51. The van der Waals surface area contributed by atoms with Gasteiger partial charge in [-0.25, -0.2) is 33.0 Å². The van der Waals surface area contributed by atoms with Crippen LogP contribution in [0.25, 0.3) is 11.0 Å². The van der Waals surface area contributed by atoms with Crippen LogP contribution in [-0.4, -0.2) is 116 Å². The van der Waals surface area contributed by atoms with Crippen molar-refractivity contribution in [1.29, 1.82) is 0 Å². The number of halogens is 2. The van der Waals surface area contributed by atoms with E-state index in [0.29, 0.717) is 12.0 Å². The minimum absolute atomic E-state index is 0.00586. The van der Waals surface area contributed by atoms with Crippen molar-refractivity contribution in [3.05, 3.63) is 142 Å². The third-order valence-corrected chi connectivity index (χ3v) is 10.6. The van der Waals surface area contributed by atoms with Gasteiger partial charge < -0.3 is 15.1 Å². The van der Waals surface area contributed by atoms with Crippen LogP contribution in [0.5, 0.6) is 0 Å². The first kappa shape index (κ1) is 40.7. The Kier molecular flexibility index (Phi) is 12.1. The van der Waals surface area contributed by atoms with Gasteiger partial charge in [0.25, 0.3) is 0 Å². The van der Waals surface area contributed by atoms with Gasteiger partial charge in [-0.15, -0.1) is 0 Å². The molecule has 0 radical (unpaired) electrons. The number of benzene rings is 4. The Morgan fingerprint density at radius 3 is 2.15 bits per heavy atom. The number of hydrazine groups is 1. The van der Waals surface area contributed by atoms with Crippen LogP contribution in [0.4, 0.5) is 13.6 Å². The summed E-state index contributed by atoms with van der Waals surface area (Å²) in [6.45, 7) is -1.07. The summed E-state index contributed by atoms with van der Waals surface area (Å²) in [4.78, 5) is 87.7. The summed E-state index contributed by atoms with van der Waals surface area (Å²) in [5.41, 5.74) is 1.62. The minimum Gasteiger partial charge on any atom is -0.333 e. The zero-order valence-corrected chi connectivity index (χ0v) is 32.7. The quantitative estimate of drug-likeness (QED) is 0.191. The van der Waals surface area contributed by atoms with Crippen molar-refractivity contribution in [2.45, 2.75) is 44.7 Å². The molecular formula is C43H44F2N8O6. The van der Waals surface area contributed by atoms with Crippen molar-refractivity contribution in [3.8, 4) is 0 Å². The molecule has 0 bridgehead atoms. The molecule has 59 heavy (non-hydrogen) atoms. The number of fused-ring (bicyclic) bond motifs is 2. The molecule has 1 N–H and O–H groups in total. The molecule has 3 heterocycles. The molecule has 2 fully saturated rings. The molecule has 16 heteroatoms. The molecule has 0 saturated carbocycles. The number of nitrogens with zero attached hydrogens (tertiary/aromatic N) is 7. The summed E-state index contributed by atoms with van der Waals surface area (Å²) in [7, 11) is 3.15. The van der Waals surface area contributed by atoms with Crippen LogP contribution in [0.1, 0.15) is 27.9 Å². The number of Topliss-reactive ketones (excluding diaryl/α,β-unsaturated/α-hetero) is 1. The van der Waals surface area contributed by atoms with E-state index < -0.39 is 59.8 Å². The Labute approximate surface area is 338 Å². The lowest BCUT2D eigenvalue weighted by atomic mass is 10.0. The number of aromatic nitrogens is 2. The van der Waals surface area contributed by atoms with E-state index in [1.54, 1.807) is 14.1 Å². The molecule has 7 rings (SSSR count). The number of hydrogen-bond acceptors (Lipinski definition) is 8. The number of ketones is 1. The smallest absolute Gasteiger partial charge is 0.333 e. The van der Waals surface area contributed by atoms with E-state index in [2.05, 4.69) is 5.32 Å². The number of amides is 4. The summed E-state index contributed by atoms with van der Waals surface area (Å²) >= 11 is 0. The molecule has 0 spiro atoms. The second-order valence-electron chi connectivity index (χ2n) is 14.9. The number of rotatable bonds is 13. The highest BCUT2D eigenvalue weighted by Crippen LogP contribution is 2.29. The number of urea groups is 1. The maximum Gasteiger partial charge on any atom is 0.336 e. The molecule has 5 aromatic rings. The zero-order valence-electron chi connectivity index (χ0n) is 32.7. The van der Waals surface area contributed by atoms with E-state index in [9.17, 15) is 37.5 Å². The Bertz CT molecular complexity index is 2420. The fourth-order valence-corrected chi connectivity index (χ4v) is 7.78. The van der Waals surface area contributed by atoms with Gasteiger partial charge >= 0.3 is 11.7 Å². The van der Waals surface area contributed by atoms with Crippen molar-refractivity contribution < 1.29 is 32.8 Å². The summed E-state index contributed by atoms with van der Waals surface area (Å²) < 4.78 is 30.7. The highest BCUT2D eigenvalue weighted by atomic mass is 19.1. The van der Waals surface area contributed by atoms with E-state index in [0.717, 1.165) is 32.4 Å². The number of likely N-dealkylation sites (N-methyl/N-ethyl adjacent to an activating group) is 2. The molecule has 14 nitrogen and oxygen atoms in total. The average molecular weight is 807 g/mol. The van der Waals surface area contributed by atoms with Crippen molar-refractivity contribution in [2.24, 2.45) is 0 Å². The van der Waals surface area contributed by atoms with Crippen LogP contribution < -0.4 is 11.0 Å². The number of piperazine rings is 1. The second-order valence-corrected chi connectivity index (χ2v) is 14.9. The average Bonchev–Trinajstić information content (AvgIpc) is 3.48. The molecule has 4 amide bonds. The van der Waals surface area contributed by atoms with Gasteiger partial charge in [-0.3, -0.25) is 28.6 Å². The van der Waals surface area contributed by atoms with Gasteiger partial charge in [-0.2, -0.15) is 0 Å². The van der Waals surface area contributed by atoms with E-state index in [1.807, 2.05) is 60.7 Å². The number of carbonyl (C=O) groups excluding carboxylic acids is 5. The van der Waals surface area contributed by atoms with Gasteiger partial charge in [0, 0.05) is 32.6 Å². The number of aryl methyl sites for hydroxylation is 1. The first-order valence-electron chi connectivity index (χ1n) is 19.2. The van der Waals surface area contributed by atoms with Crippen LogP contribution in [0.15, 0.2) is 108 Å². The van der Waals surface area contributed by atoms with E-state index in [1.165, 1.54) is 55.0 Å². The highest BCUT2D eigenvalue weighted by molar-refractivity contribution is 5.93. The molecule has 2 saturated heterocycles. The van der Waals surface area contributed by atoms with Crippen LogP contribution in [0.3, 0.4) is 0 Å². The number of hydrogen-bond donors (Lipinski definition) is 1. The minimum atomic E-state index is -1.36. The SMILES string of the molecule is CN(CC(=O)CCc1ccccc1)CC(=O)n1c(=O)n(C[C@H]2C(=O)N(Cc3ccc(F)cc3)C[C@H]3N2C(=O)CN(C)N3C(=O)NCc2ccccc2)c2ccc(F)cc21. The molecule has 306 valence electrons. The Hall–Kier alpha value is -6.52. The third-order valence-electron chi connectivity index (χ3n) is 10.6. The van der Waals surface area contributed by atoms with E-state index in [4.69, 9.17) is 0 Å². The van der Waals surface area contributed by atoms with Crippen molar-refractivity contribution >= 4 is 40.6 Å². The fraction of sp³-hybridized carbons (Fsp3) is 0.302. The lowest BCUT2D eigenvalue weighted by molar-refractivity contribution is -0.188. The second kappa shape index (κ2) is 17.5. The normalized spacial score (nSPS) is 17.1. The predicted molar refractivity (Wildman–Crippen MR) is 213 cm³/mol. The largest absolute Gasteiger partial charge is 0.336 e. The molecule has 2 aliphatic heterocycles. The van der Waals surface area contributed by atoms with Gasteiger partial charge in [-0.05, 0) is 54.4 Å². The number of nitrogens with one attached hydrogen (secondary N) is 1. The molecule has 1 aromatic heterocycles. The van der Waals surface area contributed by atoms with Crippen LogP contribution >= 0.6 is 0 Å². The molecule has 2 aliphatic rings. The summed E-state index contributed by atoms with van der Waals surface area (Å²) in [5, 5.41) is 5.73. The third kappa shape index (κ3) is 8.98. The number of imidazole rings is 1. The van der Waals surface area contributed by atoms with Crippen LogP contribution in [0.2, 0.25) is 0 Å². The maximum absolute atomic E-state index is 14.8. The van der Waals surface area contributed by atoms with Crippen molar-refractivity contribution in [1.82, 2.24) is 39.2 Å². The standard InChI is InChI=1S/C43H44F2N8O6/c1-47(24-34(54)19-15-29-9-5-3-6-10-29)27-39(55)52-36-21-33(45)18-20-35(36)50(43(52)59)25-37-41(57)49(23-31-13-16-32(44)17-14-31)26-38-51(37)40(56)28-48(2)53(38)42(58)46-22-30-11-7-4-8-12-30/h3-14,16-18,20-21,37-38H,15,19,22-28H2,1-2H3,(H,46,58)/t37-,38-/m0/s1. The topological polar surface area (TPSA) is 141 Å². The van der Waals surface area contributed by atoms with Gasteiger partial charge in [0.15, 0.2) is 0 Å². The molecular weight excluding hydrogens is 763 g/mol. The summed E-state index contributed by atoms with van der Waals surface area (Å²) in [5.74, 6) is -3.06. The number of carbonyl (C=O) groups is 5. The van der Waals surface area contributed by atoms with Crippen molar-refractivity contribution in [3.63, 3.8) is 0 Å². The Morgan fingerprint density at radius 2 is 1.46 bits per heavy atom. The van der Waals surface area contributed by atoms with E-state index >= 15 is 0 Å². The van der Waals surface area contributed by atoms with Gasteiger partial charge in [0.05, 0.1) is 43.8 Å². The molecule has 0 unspecified atom stereocenters. The first-order chi connectivity index (χ1) is 28.4. The molecule has 4 aromatic carbocycles. The van der Waals surface area contributed by atoms with Gasteiger partial charge in [0.2, 0.25) is 17.7 Å². The predicted octanol–water partition coefficient (Wildman–Crippen LogP) is 3.49. The fourth-order valence-electron chi connectivity index (χ4n) is 7.78. The zero-order chi connectivity index (χ0) is 41.8. The lowest BCUT2D eigenvalue weighted by Gasteiger charge is -2.54. The van der Waals surface area contributed by atoms with Gasteiger partial charge in [-0.1, -0.05) is 72.8 Å². The van der Waals surface area contributed by atoms with Crippen LogP contribution in [-0.2, 0) is 40.4 Å². The lowest BCUT2D eigenvalue weighted by Crippen LogP contribution is -2.76. The van der Waals surface area contributed by atoms with Crippen LogP contribution in [0, 0.1) is 11.6 Å². The maximum atomic E-state index is 14.8. The van der Waals surface area contributed by atoms with Gasteiger partial charge in [0.1, 0.15) is 29.6 Å². The monoisotopic (exact) mass is 806 g/mol. The summed E-state index contributed by atoms with van der Waals surface area (Å²) in [6, 6.07) is 25.9. The summed E-state index contributed by atoms with van der Waals surface area (Å²) in [6.07, 6.45) is -0.253. The first-order valence-corrected chi connectivity index (χ1v) is 19.2. The molecule has 2 atom stereocenters. The van der Waals surface area contributed by atoms with Crippen molar-refractivity contribution in [2.75, 3.05) is 40.3 Å². The molecule has 0 aliphatic carbocycles. The van der Waals surface area contributed by atoms with E-state index in [-0.39, 0.29) is 62.5 Å². The Morgan fingerprint density at radius 1 is 0.797 bits per heavy atom. The Balaban J connectivity index is 1.19.